The molecule has 0 bridgehead atoms. The lowest BCUT2D eigenvalue weighted by molar-refractivity contribution is -0.140. The van der Waals surface area contributed by atoms with Crippen LogP contribution < -0.4 is 5.32 Å². The summed E-state index contributed by atoms with van der Waals surface area (Å²) in [7, 11) is 1.41. The van der Waals surface area contributed by atoms with Crippen molar-refractivity contribution in [1.29, 1.82) is 0 Å². The largest absolute Gasteiger partial charge is 0.469 e. The number of hydrogen-bond donors (Lipinski definition) is 1. The number of nitrogens with one attached hydrogen (secondary N) is 1. The Bertz CT molecular complexity index is 1050. The Hall–Kier alpha value is -3.26. The zero-order chi connectivity index (χ0) is 21.8. The van der Waals surface area contributed by atoms with Crippen molar-refractivity contribution in [3.05, 3.63) is 78.0 Å². The summed E-state index contributed by atoms with van der Waals surface area (Å²) in [5, 5.41) is 4.09. The molecule has 0 aromatic carbocycles. The van der Waals surface area contributed by atoms with Crippen LogP contribution in [0.3, 0.4) is 0 Å². The lowest BCUT2D eigenvalue weighted by Gasteiger charge is -2.28. The molecule has 1 aliphatic heterocycles. The smallest absolute Gasteiger partial charge is 0.305 e. The number of hydrogen-bond acceptors (Lipinski definition) is 5. The monoisotopic (exact) mass is 435 g/mol. The third-order valence-corrected chi connectivity index (χ3v) is 5.78. The number of rotatable bonds is 7. The lowest BCUT2D eigenvalue weighted by Crippen LogP contribution is -2.31. The van der Waals surface area contributed by atoms with Crippen LogP contribution in [0.5, 0.6) is 0 Å². The predicted molar refractivity (Wildman–Crippen MR) is 122 cm³/mol. The van der Waals surface area contributed by atoms with Crippen LogP contribution in [0, 0.1) is 6.92 Å². The number of nitrogens with zero attached hydrogens (tertiary/aromatic N) is 4. The second-order valence-corrected chi connectivity index (χ2v) is 7.88. The average molecular weight is 436 g/mol. The Balaban J connectivity index is 1.70. The van der Waals surface area contributed by atoms with E-state index in [1.54, 1.807) is 6.20 Å². The van der Waals surface area contributed by atoms with Crippen molar-refractivity contribution in [2.45, 2.75) is 31.8 Å². The maximum Gasteiger partial charge on any atom is 0.305 e. The van der Waals surface area contributed by atoms with Gasteiger partial charge in [0.05, 0.1) is 24.9 Å². The van der Waals surface area contributed by atoms with Gasteiger partial charge in [-0.15, -0.1) is 0 Å². The van der Waals surface area contributed by atoms with Gasteiger partial charge in [0.2, 0.25) is 0 Å². The van der Waals surface area contributed by atoms with E-state index in [1.165, 1.54) is 7.11 Å². The number of esters is 1. The molecule has 4 rings (SSSR count). The summed E-state index contributed by atoms with van der Waals surface area (Å²) in [6, 6.07) is 13.8. The summed E-state index contributed by atoms with van der Waals surface area (Å²) in [6.07, 6.45) is 6.65. The van der Waals surface area contributed by atoms with Gasteiger partial charge in [-0.3, -0.25) is 9.78 Å². The van der Waals surface area contributed by atoms with Gasteiger partial charge in [-0.05, 0) is 61.5 Å². The Kier molecular flexibility index (Phi) is 6.27. The minimum atomic E-state index is -0.219. The first-order valence-corrected chi connectivity index (χ1v) is 10.6. The number of aryl methyl sites for hydroxylation is 1. The van der Waals surface area contributed by atoms with E-state index in [0.29, 0.717) is 24.5 Å². The molecule has 0 spiro atoms. The molecule has 0 aliphatic carbocycles. The van der Waals surface area contributed by atoms with Crippen molar-refractivity contribution in [3.8, 4) is 5.82 Å². The van der Waals surface area contributed by atoms with Crippen LogP contribution in [0.4, 0.5) is 0 Å². The predicted octanol–water partition coefficient (Wildman–Crippen LogP) is 3.50. The second-order valence-electron chi connectivity index (χ2n) is 7.50. The van der Waals surface area contributed by atoms with Crippen molar-refractivity contribution in [2.75, 3.05) is 13.7 Å². The summed E-state index contributed by atoms with van der Waals surface area (Å²) in [6.45, 7) is 2.65. The van der Waals surface area contributed by atoms with E-state index < -0.39 is 0 Å². The summed E-state index contributed by atoms with van der Waals surface area (Å²) in [5.41, 5.74) is 3.07. The maximum absolute atomic E-state index is 11.6. The fourth-order valence-corrected chi connectivity index (χ4v) is 4.24. The molecule has 0 unspecified atom stereocenters. The van der Waals surface area contributed by atoms with Crippen LogP contribution >= 0.6 is 12.2 Å². The van der Waals surface area contributed by atoms with E-state index in [1.807, 2.05) is 55.7 Å². The minimum absolute atomic E-state index is 0.0989. The fraction of sp³-hybridized carbons (Fsp3) is 0.304. The first kappa shape index (κ1) is 21.0. The van der Waals surface area contributed by atoms with Crippen LogP contribution in [0.2, 0.25) is 0 Å². The molecule has 3 aromatic heterocycles. The van der Waals surface area contributed by atoms with Crippen LogP contribution in [0.1, 0.15) is 41.9 Å². The summed E-state index contributed by atoms with van der Waals surface area (Å²) >= 11 is 5.70. The first-order chi connectivity index (χ1) is 15.1. The van der Waals surface area contributed by atoms with E-state index in [0.717, 1.165) is 22.8 Å². The molecule has 3 aromatic rings. The quantitative estimate of drug-likeness (QED) is 0.450. The Morgan fingerprint density at radius 1 is 1.19 bits per heavy atom. The highest BCUT2D eigenvalue weighted by Crippen LogP contribution is 2.39. The van der Waals surface area contributed by atoms with E-state index in [4.69, 9.17) is 17.0 Å². The molecule has 1 N–H and O–H groups in total. The molecule has 2 atom stereocenters. The van der Waals surface area contributed by atoms with Crippen molar-refractivity contribution in [1.82, 2.24) is 24.8 Å². The summed E-state index contributed by atoms with van der Waals surface area (Å²) in [4.78, 5) is 22.9. The minimum Gasteiger partial charge on any atom is -0.469 e. The van der Waals surface area contributed by atoms with Crippen LogP contribution in [-0.2, 0) is 9.53 Å². The Labute approximate surface area is 187 Å². The Morgan fingerprint density at radius 3 is 2.77 bits per heavy atom. The maximum atomic E-state index is 11.6. The van der Waals surface area contributed by atoms with Gasteiger partial charge >= 0.3 is 5.97 Å². The zero-order valence-electron chi connectivity index (χ0n) is 17.6. The molecule has 0 saturated carbocycles. The fourth-order valence-electron chi connectivity index (χ4n) is 3.91. The number of carbonyl (C=O) groups excluding carboxylic acids is 1. The van der Waals surface area contributed by atoms with Gasteiger partial charge in [-0.1, -0.05) is 12.1 Å². The molecule has 160 valence electrons. The SMILES string of the molecule is COC(=O)CCCN1C(=S)N[C@@H](c2ccccn2)[C@H]1c1cccn1-c1ccc(C)cn1. The van der Waals surface area contributed by atoms with Gasteiger partial charge in [0.15, 0.2) is 5.11 Å². The number of thiocarbonyl (C=S) groups is 1. The average Bonchev–Trinajstić information content (AvgIpc) is 3.39. The summed E-state index contributed by atoms with van der Waals surface area (Å²) in [5.74, 6) is 0.626. The van der Waals surface area contributed by atoms with E-state index >= 15 is 0 Å². The highest BCUT2D eigenvalue weighted by Gasteiger charge is 2.41. The van der Waals surface area contributed by atoms with Gasteiger partial charge in [-0.25, -0.2) is 4.98 Å². The lowest BCUT2D eigenvalue weighted by atomic mass is 10.0. The van der Waals surface area contributed by atoms with E-state index in [9.17, 15) is 4.79 Å². The number of ether oxygens (including phenoxy) is 1. The van der Waals surface area contributed by atoms with Crippen molar-refractivity contribution < 1.29 is 9.53 Å². The Morgan fingerprint density at radius 2 is 2.06 bits per heavy atom. The van der Waals surface area contributed by atoms with Crippen LogP contribution in [0.25, 0.3) is 5.82 Å². The van der Waals surface area contributed by atoms with Crippen LogP contribution in [-0.4, -0.2) is 44.2 Å². The van der Waals surface area contributed by atoms with Crippen molar-refractivity contribution in [2.24, 2.45) is 0 Å². The standard InChI is InChI=1S/C23H25N5O2S/c1-16-10-11-19(25-15-16)27-13-5-8-18(27)22-21(17-7-3-4-12-24-17)26-23(31)28(22)14-6-9-20(29)30-2/h3-5,7-8,10-13,15,21-22H,6,9,14H2,1-2H3,(H,26,31)/t21-,22+/m0/s1. The number of aromatic nitrogens is 3. The summed E-state index contributed by atoms with van der Waals surface area (Å²) < 4.78 is 6.88. The van der Waals surface area contributed by atoms with Crippen LogP contribution in [0.15, 0.2) is 61.1 Å². The molecule has 0 amide bonds. The molecule has 1 aliphatic rings. The molecule has 1 fully saturated rings. The molecule has 7 nitrogen and oxygen atoms in total. The normalized spacial score (nSPS) is 18.1. The number of pyridine rings is 2. The third-order valence-electron chi connectivity index (χ3n) is 5.43. The number of methoxy groups -OCH3 is 1. The first-order valence-electron chi connectivity index (χ1n) is 10.2. The van der Waals surface area contributed by atoms with E-state index in [-0.39, 0.29) is 18.1 Å². The molecule has 31 heavy (non-hydrogen) atoms. The molecule has 8 heteroatoms. The molecular formula is C23H25N5O2S. The molecule has 4 heterocycles. The van der Waals surface area contributed by atoms with Gasteiger partial charge in [-0.2, -0.15) is 0 Å². The topological polar surface area (TPSA) is 72.3 Å². The van der Waals surface area contributed by atoms with Gasteiger partial charge in [0.1, 0.15) is 5.82 Å². The zero-order valence-corrected chi connectivity index (χ0v) is 18.4. The van der Waals surface area contributed by atoms with E-state index in [2.05, 4.69) is 30.8 Å². The van der Waals surface area contributed by atoms with Crippen molar-refractivity contribution >= 4 is 23.3 Å². The second kappa shape index (κ2) is 9.26. The molecule has 0 radical (unpaired) electrons. The van der Waals surface area contributed by atoms with Gasteiger partial charge < -0.3 is 19.5 Å². The van der Waals surface area contributed by atoms with Crippen molar-refractivity contribution in [3.63, 3.8) is 0 Å². The highest BCUT2D eigenvalue weighted by atomic mass is 32.1. The molecule has 1 saturated heterocycles. The highest BCUT2D eigenvalue weighted by molar-refractivity contribution is 7.80. The van der Waals surface area contributed by atoms with Gasteiger partial charge in [0, 0.05) is 37.3 Å². The molecular weight excluding hydrogens is 410 g/mol. The third kappa shape index (κ3) is 4.44. The van der Waals surface area contributed by atoms with Gasteiger partial charge in [0.25, 0.3) is 0 Å². The number of carbonyl (C=O) groups is 1.